The van der Waals surface area contributed by atoms with E-state index >= 15 is 0 Å². The number of rotatable bonds is 5. The van der Waals surface area contributed by atoms with Gasteiger partial charge in [0.15, 0.2) is 5.69 Å². The monoisotopic (exact) mass is 502 g/mol. The number of amides is 1. The minimum atomic E-state index is -0.474. The molecule has 1 aliphatic heterocycles. The maximum absolute atomic E-state index is 14.5. The van der Waals surface area contributed by atoms with Crippen LogP contribution in [0, 0.1) is 12.7 Å². The highest BCUT2D eigenvalue weighted by atomic mass is 35.5. The molecule has 3 heterocycles. The van der Waals surface area contributed by atoms with Crippen LogP contribution in [0.5, 0.6) is 0 Å². The van der Waals surface area contributed by atoms with Crippen molar-refractivity contribution in [2.45, 2.75) is 13.5 Å². The molecule has 1 fully saturated rings. The van der Waals surface area contributed by atoms with Crippen molar-refractivity contribution < 1.29 is 18.3 Å². The molecule has 0 aliphatic carbocycles. The van der Waals surface area contributed by atoms with Gasteiger partial charge in [-0.15, -0.1) is 0 Å². The fourth-order valence-electron chi connectivity index (χ4n) is 3.94. The molecule has 4 aromatic rings. The van der Waals surface area contributed by atoms with Crippen LogP contribution in [0.1, 0.15) is 21.7 Å². The number of hydrogen-bond donors (Lipinski definition) is 1. The smallest absolute Gasteiger partial charge is 0.286 e. The second kappa shape index (κ2) is 9.38. The third kappa shape index (κ3) is 4.67. The molecule has 0 saturated carbocycles. The van der Waals surface area contributed by atoms with Gasteiger partial charge in [-0.25, -0.2) is 9.40 Å². The van der Waals surface area contributed by atoms with E-state index in [1.54, 1.807) is 41.1 Å². The van der Waals surface area contributed by atoms with E-state index in [0.29, 0.717) is 65.5 Å². The quantitative estimate of drug-likeness (QED) is 0.412. The first-order valence-corrected chi connectivity index (χ1v) is 11.5. The van der Waals surface area contributed by atoms with Crippen LogP contribution in [-0.4, -0.2) is 47.0 Å². The summed E-state index contributed by atoms with van der Waals surface area (Å²) in [7, 11) is 0. The Balaban J connectivity index is 1.43. The standard InChI is InChI=1S/C24H21Cl2FN4O3/c1-14-8-21(24(32)29-30-4-6-33-7-5-30)28-31(14)13-16-10-18(26)9-15-11-22(34-23(15)16)19-3-2-17(25)12-20(19)27/h2-3,8-12H,4-7,13H2,1H3,(H,29,32). The number of aryl methyl sites for hydroxylation is 1. The number of morpholine rings is 1. The van der Waals surface area contributed by atoms with Crippen LogP contribution in [0.2, 0.25) is 10.0 Å². The second-order valence-electron chi connectivity index (χ2n) is 8.09. The number of carbonyl (C=O) groups excluding carboxylic acids is 1. The third-order valence-electron chi connectivity index (χ3n) is 5.66. The van der Waals surface area contributed by atoms with Gasteiger partial charge >= 0.3 is 0 Å². The maximum atomic E-state index is 14.5. The van der Waals surface area contributed by atoms with Gasteiger partial charge in [0, 0.05) is 39.8 Å². The molecule has 0 atom stereocenters. The first kappa shape index (κ1) is 22.9. The van der Waals surface area contributed by atoms with Crippen molar-refractivity contribution in [3.8, 4) is 11.3 Å². The number of hydrazine groups is 1. The van der Waals surface area contributed by atoms with Crippen LogP contribution in [-0.2, 0) is 11.3 Å². The summed E-state index contributed by atoms with van der Waals surface area (Å²) < 4.78 is 27.5. The number of nitrogens with zero attached hydrogens (tertiary/aromatic N) is 3. The normalized spacial score (nSPS) is 14.6. The summed E-state index contributed by atoms with van der Waals surface area (Å²) in [5.74, 6) is -0.382. The first-order valence-electron chi connectivity index (χ1n) is 10.7. The van der Waals surface area contributed by atoms with Crippen molar-refractivity contribution in [3.05, 3.63) is 75.3 Å². The molecule has 2 aromatic heterocycles. The van der Waals surface area contributed by atoms with E-state index in [2.05, 4.69) is 10.5 Å². The van der Waals surface area contributed by atoms with E-state index in [0.717, 1.165) is 16.6 Å². The van der Waals surface area contributed by atoms with Gasteiger partial charge in [-0.1, -0.05) is 23.2 Å². The van der Waals surface area contributed by atoms with E-state index in [4.69, 9.17) is 32.4 Å². The summed E-state index contributed by atoms with van der Waals surface area (Å²) in [5, 5.41) is 7.87. The lowest BCUT2D eigenvalue weighted by Gasteiger charge is -2.26. The summed E-state index contributed by atoms with van der Waals surface area (Å²) in [6, 6.07) is 11.4. The molecule has 1 aliphatic rings. The van der Waals surface area contributed by atoms with Crippen molar-refractivity contribution in [2.75, 3.05) is 26.3 Å². The number of halogens is 3. The van der Waals surface area contributed by atoms with Gasteiger partial charge in [0.2, 0.25) is 0 Å². The molecule has 0 bridgehead atoms. The summed E-state index contributed by atoms with van der Waals surface area (Å²) in [6.07, 6.45) is 0. The van der Waals surface area contributed by atoms with Crippen LogP contribution in [0.15, 0.2) is 46.9 Å². The van der Waals surface area contributed by atoms with Crippen molar-refractivity contribution in [2.24, 2.45) is 0 Å². The number of ether oxygens (including phenoxy) is 1. The van der Waals surface area contributed by atoms with Crippen molar-refractivity contribution >= 4 is 40.1 Å². The van der Waals surface area contributed by atoms with E-state index < -0.39 is 5.82 Å². The zero-order chi connectivity index (χ0) is 23.8. The van der Waals surface area contributed by atoms with E-state index in [1.165, 1.54) is 6.07 Å². The zero-order valence-electron chi connectivity index (χ0n) is 18.3. The van der Waals surface area contributed by atoms with Crippen molar-refractivity contribution in [3.63, 3.8) is 0 Å². The lowest BCUT2D eigenvalue weighted by Crippen LogP contribution is -2.48. The summed E-state index contributed by atoms with van der Waals surface area (Å²) in [5.41, 5.74) is 5.61. The van der Waals surface area contributed by atoms with Gasteiger partial charge in [0.05, 0.1) is 25.3 Å². The van der Waals surface area contributed by atoms with E-state index in [9.17, 15) is 9.18 Å². The topological polar surface area (TPSA) is 72.5 Å². The number of hydrogen-bond acceptors (Lipinski definition) is 5. The number of aromatic nitrogens is 2. The predicted molar refractivity (Wildman–Crippen MR) is 128 cm³/mol. The third-order valence-corrected chi connectivity index (χ3v) is 6.11. The highest BCUT2D eigenvalue weighted by Gasteiger charge is 2.19. The van der Waals surface area contributed by atoms with E-state index in [1.807, 2.05) is 11.9 Å². The maximum Gasteiger partial charge on any atom is 0.286 e. The molecule has 1 N–H and O–H groups in total. The van der Waals surface area contributed by atoms with Gasteiger partial charge < -0.3 is 9.15 Å². The Hall–Kier alpha value is -2.91. The van der Waals surface area contributed by atoms with Gasteiger partial charge in [-0.05, 0) is 49.4 Å². The van der Waals surface area contributed by atoms with Crippen molar-refractivity contribution in [1.82, 2.24) is 20.2 Å². The lowest BCUT2D eigenvalue weighted by molar-refractivity contribution is 0.0124. The zero-order valence-corrected chi connectivity index (χ0v) is 19.8. The van der Waals surface area contributed by atoms with Gasteiger partial charge in [0.1, 0.15) is 17.2 Å². The molecular formula is C24H21Cl2FN4O3. The molecule has 34 heavy (non-hydrogen) atoms. The van der Waals surface area contributed by atoms with Crippen LogP contribution >= 0.6 is 23.2 Å². The number of benzene rings is 2. The SMILES string of the molecule is Cc1cc(C(=O)NN2CCOCC2)nn1Cc1cc(Cl)cc2cc(-c3ccc(Cl)cc3F)oc12. The molecule has 0 unspecified atom stereocenters. The second-order valence-corrected chi connectivity index (χ2v) is 8.96. The Morgan fingerprint density at radius 1 is 1.12 bits per heavy atom. The highest BCUT2D eigenvalue weighted by molar-refractivity contribution is 6.31. The highest BCUT2D eigenvalue weighted by Crippen LogP contribution is 2.34. The van der Waals surface area contributed by atoms with Crippen LogP contribution in [0.3, 0.4) is 0 Å². The molecule has 0 radical (unpaired) electrons. The summed E-state index contributed by atoms with van der Waals surface area (Å²) >= 11 is 12.2. The van der Waals surface area contributed by atoms with Crippen LogP contribution in [0.25, 0.3) is 22.3 Å². The molecule has 5 rings (SSSR count). The average Bonchev–Trinajstić information content (AvgIpc) is 3.38. The molecule has 10 heteroatoms. The fraction of sp³-hybridized carbons (Fsp3) is 0.250. The molecule has 7 nitrogen and oxygen atoms in total. The first-order chi connectivity index (χ1) is 16.4. The minimum Gasteiger partial charge on any atom is -0.456 e. The van der Waals surface area contributed by atoms with Gasteiger partial charge in [-0.2, -0.15) is 5.10 Å². The summed E-state index contributed by atoms with van der Waals surface area (Å²) in [4.78, 5) is 12.7. The molecule has 2 aromatic carbocycles. The largest absolute Gasteiger partial charge is 0.456 e. The predicted octanol–water partition coefficient (Wildman–Crippen LogP) is 5.08. The average molecular weight is 503 g/mol. The number of carbonyl (C=O) groups is 1. The van der Waals surface area contributed by atoms with Crippen molar-refractivity contribution in [1.29, 1.82) is 0 Å². The summed E-state index contributed by atoms with van der Waals surface area (Å²) in [6.45, 7) is 4.59. The number of furan rings is 1. The van der Waals surface area contributed by atoms with Crippen LogP contribution in [0.4, 0.5) is 4.39 Å². The Morgan fingerprint density at radius 3 is 2.68 bits per heavy atom. The van der Waals surface area contributed by atoms with Crippen LogP contribution < -0.4 is 5.43 Å². The Labute approximate surface area is 205 Å². The van der Waals surface area contributed by atoms with Gasteiger partial charge in [0.25, 0.3) is 5.91 Å². The molecule has 1 amide bonds. The molecular weight excluding hydrogens is 482 g/mol. The number of fused-ring (bicyclic) bond motifs is 1. The Kier molecular flexibility index (Phi) is 6.31. The Morgan fingerprint density at radius 2 is 1.91 bits per heavy atom. The molecule has 1 saturated heterocycles. The molecule has 176 valence electrons. The van der Waals surface area contributed by atoms with Gasteiger partial charge in [-0.3, -0.25) is 14.9 Å². The molecule has 0 spiro atoms. The Bertz CT molecular complexity index is 1380. The number of nitrogens with one attached hydrogen (secondary N) is 1. The fourth-order valence-corrected chi connectivity index (χ4v) is 4.35. The lowest BCUT2D eigenvalue weighted by atomic mass is 10.1. The minimum absolute atomic E-state index is 0.279. The van der Waals surface area contributed by atoms with E-state index in [-0.39, 0.29) is 5.91 Å².